The molecule has 1 atom stereocenters. The Morgan fingerprint density at radius 3 is 2.62 bits per heavy atom. The molecule has 1 aliphatic rings. The molecule has 1 aliphatic carbocycles. The predicted molar refractivity (Wildman–Crippen MR) is 97.9 cm³/mol. The Balaban J connectivity index is 1.62. The van der Waals surface area contributed by atoms with E-state index in [1.807, 2.05) is 42.5 Å². The fraction of sp³-hybridized carbons (Fsp3) is 0.400. The Morgan fingerprint density at radius 1 is 1.08 bits per heavy atom. The first-order valence-corrected chi connectivity index (χ1v) is 8.81. The number of carbonyl (C=O) groups excluding carboxylic acids is 1. The standard InChI is InChI=1S/C20H25N3O/c1-15(19-12-5-6-13-21-19)22-17-10-7-11-18(14-17)23-20(24)16-8-3-2-4-9-16/h5-7,10-16,22H,2-4,8-9H2,1H3,(H,23,24)/t15-/m0/s1. The van der Waals surface area contributed by atoms with Crippen LogP contribution in [-0.2, 0) is 4.79 Å². The summed E-state index contributed by atoms with van der Waals surface area (Å²) in [5, 5.41) is 6.51. The highest BCUT2D eigenvalue weighted by Crippen LogP contribution is 2.26. The number of hydrogen-bond acceptors (Lipinski definition) is 3. The first-order chi connectivity index (χ1) is 11.7. The van der Waals surface area contributed by atoms with Crippen molar-refractivity contribution in [1.82, 2.24) is 4.98 Å². The van der Waals surface area contributed by atoms with Crippen LogP contribution in [0.25, 0.3) is 0 Å². The molecule has 0 aliphatic heterocycles. The first-order valence-electron chi connectivity index (χ1n) is 8.81. The lowest BCUT2D eigenvalue weighted by Crippen LogP contribution is -2.24. The summed E-state index contributed by atoms with van der Waals surface area (Å²) in [6, 6.07) is 13.9. The predicted octanol–water partition coefficient (Wildman–Crippen LogP) is 4.77. The molecule has 0 spiro atoms. The Morgan fingerprint density at radius 2 is 1.88 bits per heavy atom. The number of aromatic nitrogens is 1. The van der Waals surface area contributed by atoms with Gasteiger partial charge >= 0.3 is 0 Å². The Bertz CT molecular complexity index is 666. The van der Waals surface area contributed by atoms with Crippen LogP contribution in [0.4, 0.5) is 11.4 Å². The van der Waals surface area contributed by atoms with E-state index < -0.39 is 0 Å². The third kappa shape index (κ3) is 4.34. The number of benzene rings is 1. The van der Waals surface area contributed by atoms with Crippen molar-refractivity contribution in [2.75, 3.05) is 10.6 Å². The van der Waals surface area contributed by atoms with Crippen molar-refractivity contribution in [3.05, 3.63) is 54.4 Å². The fourth-order valence-electron chi connectivity index (χ4n) is 3.25. The molecule has 1 fully saturated rings. The van der Waals surface area contributed by atoms with Crippen LogP contribution < -0.4 is 10.6 Å². The molecule has 4 nitrogen and oxygen atoms in total. The Kier molecular flexibility index (Phi) is 5.47. The van der Waals surface area contributed by atoms with Gasteiger partial charge in [-0.3, -0.25) is 9.78 Å². The lowest BCUT2D eigenvalue weighted by molar-refractivity contribution is -0.120. The minimum atomic E-state index is 0.107. The third-order valence-corrected chi connectivity index (χ3v) is 4.62. The van der Waals surface area contributed by atoms with Crippen molar-refractivity contribution in [2.24, 2.45) is 5.92 Å². The van der Waals surface area contributed by atoms with Crippen LogP contribution >= 0.6 is 0 Å². The van der Waals surface area contributed by atoms with Gasteiger partial charge in [0, 0.05) is 23.5 Å². The van der Waals surface area contributed by atoms with Crippen molar-refractivity contribution in [3.63, 3.8) is 0 Å². The first kappa shape index (κ1) is 16.5. The van der Waals surface area contributed by atoms with Gasteiger partial charge in [0.2, 0.25) is 5.91 Å². The van der Waals surface area contributed by atoms with Crippen LogP contribution in [-0.4, -0.2) is 10.9 Å². The highest BCUT2D eigenvalue weighted by Gasteiger charge is 2.21. The van der Waals surface area contributed by atoms with Gasteiger partial charge in [-0.15, -0.1) is 0 Å². The number of carbonyl (C=O) groups is 1. The molecule has 3 rings (SSSR count). The van der Waals surface area contributed by atoms with Gasteiger partial charge in [-0.1, -0.05) is 31.4 Å². The maximum atomic E-state index is 12.4. The molecule has 2 aromatic rings. The zero-order valence-corrected chi connectivity index (χ0v) is 14.2. The maximum Gasteiger partial charge on any atom is 0.227 e. The van der Waals surface area contributed by atoms with Crippen molar-refractivity contribution in [1.29, 1.82) is 0 Å². The quantitative estimate of drug-likeness (QED) is 0.833. The molecule has 24 heavy (non-hydrogen) atoms. The van der Waals surface area contributed by atoms with Crippen LogP contribution in [0, 0.1) is 5.92 Å². The highest BCUT2D eigenvalue weighted by atomic mass is 16.1. The minimum absolute atomic E-state index is 0.107. The van der Waals surface area contributed by atoms with E-state index >= 15 is 0 Å². The lowest BCUT2D eigenvalue weighted by Gasteiger charge is -2.21. The number of nitrogens with zero attached hydrogens (tertiary/aromatic N) is 1. The maximum absolute atomic E-state index is 12.4. The number of pyridine rings is 1. The largest absolute Gasteiger partial charge is 0.377 e. The van der Waals surface area contributed by atoms with Gasteiger partial charge in [-0.25, -0.2) is 0 Å². The van der Waals surface area contributed by atoms with E-state index in [0.717, 1.165) is 29.9 Å². The van der Waals surface area contributed by atoms with E-state index in [0.29, 0.717) is 0 Å². The van der Waals surface area contributed by atoms with E-state index in [1.165, 1.54) is 19.3 Å². The molecule has 1 amide bonds. The number of amides is 1. The van der Waals surface area contributed by atoms with Crippen LogP contribution in [0.5, 0.6) is 0 Å². The van der Waals surface area contributed by atoms with Crippen molar-refractivity contribution in [3.8, 4) is 0 Å². The Labute approximate surface area is 143 Å². The molecule has 1 heterocycles. The SMILES string of the molecule is C[C@H](Nc1cccc(NC(=O)C2CCCCC2)c1)c1ccccn1. The molecule has 2 N–H and O–H groups in total. The summed E-state index contributed by atoms with van der Waals surface area (Å²) < 4.78 is 0. The summed E-state index contributed by atoms with van der Waals surface area (Å²) in [7, 11) is 0. The van der Waals surface area contributed by atoms with Crippen molar-refractivity contribution < 1.29 is 4.79 Å². The van der Waals surface area contributed by atoms with E-state index in [1.54, 1.807) is 6.20 Å². The number of rotatable bonds is 5. The average Bonchev–Trinajstić information content (AvgIpc) is 2.63. The topological polar surface area (TPSA) is 54.0 Å². The van der Waals surface area contributed by atoms with Gasteiger partial charge in [-0.2, -0.15) is 0 Å². The number of hydrogen-bond donors (Lipinski definition) is 2. The van der Waals surface area contributed by atoms with E-state index in [9.17, 15) is 4.79 Å². The fourth-order valence-corrected chi connectivity index (χ4v) is 3.25. The monoisotopic (exact) mass is 323 g/mol. The molecule has 0 radical (unpaired) electrons. The van der Waals surface area contributed by atoms with Crippen LogP contribution in [0.3, 0.4) is 0 Å². The van der Waals surface area contributed by atoms with E-state index in [4.69, 9.17) is 0 Å². The molecule has 1 saturated carbocycles. The van der Waals surface area contributed by atoms with Crippen LogP contribution in [0.1, 0.15) is 50.8 Å². The van der Waals surface area contributed by atoms with Crippen molar-refractivity contribution in [2.45, 2.75) is 45.1 Å². The molecular formula is C20H25N3O. The van der Waals surface area contributed by atoms with Gasteiger partial charge in [0.25, 0.3) is 0 Å². The van der Waals surface area contributed by atoms with Gasteiger partial charge in [0.05, 0.1) is 11.7 Å². The Hall–Kier alpha value is -2.36. The molecule has 1 aromatic carbocycles. The van der Waals surface area contributed by atoms with Gasteiger partial charge in [0.15, 0.2) is 0 Å². The summed E-state index contributed by atoms with van der Waals surface area (Å²) in [5.41, 5.74) is 2.83. The molecule has 1 aromatic heterocycles. The van der Waals surface area contributed by atoms with Crippen molar-refractivity contribution >= 4 is 17.3 Å². The molecular weight excluding hydrogens is 298 g/mol. The van der Waals surface area contributed by atoms with Gasteiger partial charge in [-0.05, 0) is 50.1 Å². The smallest absolute Gasteiger partial charge is 0.227 e. The zero-order chi connectivity index (χ0) is 16.8. The second-order valence-electron chi connectivity index (χ2n) is 6.53. The summed E-state index contributed by atoms with van der Waals surface area (Å²) in [6.45, 7) is 2.08. The third-order valence-electron chi connectivity index (χ3n) is 4.62. The lowest BCUT2D eigenvalue weighted by atomic mass is 9.88. The molecule has 4 heteroatoms. The number of anilines is 2. The van der Waals surface area contributed by atoms with Crippen LogP contribution in [0.15, 0.2) is 48.7 Å². The van der Waals surface area contributed by atoms with Crippen LogP contribution in [0.2, 0.25) is 0 Å². The molecule has 0 bridgehead atoms. The molecule has 0 unspecified atom stereocenters. The zero-order valence-electron chi connectivity index (χ0n) is 14.2. The van der Waals surface area contributed by atoms with E-state index in [-0.39, 0.29) is 17.9 Å². The van der Waals surface area contributed by atoms with Gasteiger partial charge < -0.3 is 10.6 Å². The van der Waals surface area contributed by atoms with Gasteiger partial charge in [0.1, 0.15) is 0 Å². The second-order valence-corrected chi connectivity index (χ2v) is 6.53. The highest BCUT2D eigenvalue weighted by molar-refractivity contribution is 5.93. The summed E-state index contributed by atoms with van der Waals surface area (Å²) in [6.07, 6.45) is 7.42. The summed E-state index contributed by atoms with van der Waals surface area (Å²) in [5.74, 6) is 0.326. The summed E-state index contributed by atoms with van der Waals surface area (Å²) >= 11 is 0. The normalized spacial score (nSPS) is 16.4. The summed E-state index contributed by atoms with van der Waals surface area (Å²) in [4.78, 5) is 16.8. The minimum Gasteiger partial charge on any atom is -0.377 e. The van der Waals surface area contributed by atoms with E-state index in [2.05, 4.69) is 22.5 Å². The average molecular weight is 323 g/mol. The second kappa shape index (κ2) is 7.95. The molecule has 126 valence electrons. The number of nitrogens with one attached hydrogen (secondary N) is 2. The molecule has 0 saturated heterocycles.